The zero-order valence-corrected chi connectivity index (χ0v) is 14.8. The van der Waals surface area contributed by atoms with Crippen LogP contribution in [0.4, 0.5) is 10.5 Å². The van der Waals surface area contributed by atoms with Crippen molar-refractivity contribution >= 4 is 27.6 Å². The number of amides is 2. The highest BCUT2D eigenvalue weighted by Crippen LogP contribution is 2.24. The summed E-state index contributed by atoms with van der Waals surface area (Å²) >= 11 is 3.34. The van der Waals surface area contributed by atoms with Crippen LogP contribution in [0.3, 0.4) is 0 Å². The van der Waals surface area contributed by atoms with Crippen molar-refractivity contribution in [1.82, 2.24) is 9.88 Å². The van der Waals surface area contributed by atoms with E-state index in [9.17, 15) is 4.79 Å². The maximum absolute atomic E-state index is 12.4. The number of rotatable bonds is 4. The fraction of sp³-hybridized carbons (Fsp3) is 0.294. The second-order valence-corrected chi connectivity index (χ2v) is 6.34. The summed E-state index contributed by atoms with van der Waals surface area (Å²) in [7, 11) is 1.58. The second-order valence-electron chi connectivity index (χ2n) is 5.42. The fourth-order valence-corrected chi connectivity index (χ4v) is 2.79. The monoisotopic (exact) mass is 391 g/mol. The Balaban J connectivity index is 1.56. The number of para-hydroxylation sites is 2. The molecule has 1 aliphatic rings. The molecule has 1 N–H and O–H groups in total. The molecule has 0 bridgehead atoms. The molecule has 1 aromatic heterocycles. The Morgan fingerprint density at radius 2 is 2.17 bits per heavy atom. The molecular weight excluding hydrogens is 374 g/mol. The largest absolute Gasteiger partial charge is 0.495 e. The Morgan fingerprint density at radius 1 is 1.33 bits per heavy atom. The number of methoxy groups -OCH3 is 1. The summed E-state index contributed by atoms with van der Waals surface area (Å²) in [6, 6.07) is 10.9. The Labute approximate surface area is 148 Å². The minimum Gasteiger partial charge on any atom is -0.495 e. The van der Waals surface area contributed by atoms with Gasteiger partial charge in [-0.05, 0) is 34.1 Å². The quantitative estimate of drug-likeness (QED) is 0.865. The van der Waals surface area contributed by atoms with E-state index in [1.807, 2.05) is 36.4 Å². The van der Waals surface area contributed by atoms with Crippen LogP contribution < -0.4 is 14.8 Å². The SMILES string of the molecule is COc1ccccc1NC(=O)N1CCC(Oc2ccc(Br)cn2)C1. The Bertz CT molecular complexity index is 708. The second kappa shape index (κ2) is 7.53. The van der Waals surface area contributed by atoms with Gasteiger partial charge in [-0.1, -0.05) is 12.1 Å². The number of carbonyl (C=O) groups excluding carboxylic acids is 1. The van der Waals surface area contributed by atoms with Crippen molar-refractivity contribution < 1.29 is 14.3 Å². The summed E-state index contributed by atoms with van der Waals surface area (Å²) in [6.07, 6.45) is 2.41. The fourth-order valence-electron chi connectivity index (χ4n) is 2.55. The van der Waals surface area contributed by atoms with Crippen molar-refractivity contribution in [3.8, 4) is 11.6 Å². The molecule has 2 aromatic rings. The molecule has 3 rings (SSSR count). The van der Waals surface area contributed by atoms with Gasteiger partial charge in [0.05, 0.1) is 19.3 Å². The molecule has 1 saturated heterocycles. The minimum absolute atomic E-state index is 0.0536. The van der Waals surface area contributed by atoms with Gasteiger partial charge in [0.2, 0.25) is 5.88 Å². The Morgan fingerprint density at radius 3 is 2.92 bits per heavy atom. The van der Waals surface area contributed by atoms with E-state index in [-0.39, 0.29) is 12.1 Å². The molecule has 1 aliphatic heterocycles. The number of anilines is 1. The van der Waals surface area contributed by atoms with Crippen molar-refractivity contribution in [3.05, 3.63) is 47.1 Å². The highest BCUT2D eigenvalue weighted by molar-refractivity contribution is 9.10. The third-order valence-corrected chi connectivity index (χ3v) is 4.24. The Kier molecular flexibility index (Phi) is 5.20. The van der Waals surface area contributed by atoms with Gasteiger partial charge in [-0.2, -0.15) is 0 Å². The number of pyridine rings is 1. The summed E-state index contributed by atoms with van der Waals surface area (Å²) in [6.45, 7) is 1.17. The van der Waals surface area contributed by atoms with E-state index < -0.39 is 0 Å². The predicted molar refractivity (Wildman–Crippen MR) is 94.6 cm³/mol. The molecular formula is C17H18BrN3O3. The van der Waals surface area contributed by atoms with Gasteiger partial charge in [-0.25, -0.2) is 9.78 Å². The van der Waals surface area contributed by atoms with Crippen LogP contribution in [0.5, 0.6) is 11.6 Å². The van der Waals surface area contributed by atoms with Crippen molar-refractivity contribution in [2.45, 2.75) is 12.5 Å². The lowest BCUT2D eigenvalue weighted by atomic mass is 10.3. The highest BCUT2D eigenvalue weighted by atomic mass is 79.9. The first kappa shape index (κ1) is 16.6. The van der Waals surface area contributed by atoms with Crippen LogP contribution in [-0.4, -0.2) is 42.2 Å². The average molecular weight is 392 g/mol. The van der Waals surface area contributed by atoms with E-state index in [0.717, 1.165) is 10.9 Å². The van der Waals surface area contributed by atoms with Gasteiger partial charge in [-0.15, -0.1) is 0 Å². The van der Waals surface area contributed by atoms with Crippen LogP contribution in [0.2, 0.25) is 0 Å². The van der Waals surface area contributed by atoms with Gasteiger partial charge in [0.15, 0.2) is 0 Å². The van der Waals surface area contributed by atoms with E-state index in [1.54, 1.807) is 18.2 Å². The number of hydrogen-bond acceptors (Lipinski definition) is 4. The summed E-state index contributed by atoms with van der Waals surface area (Å²) < 4.78 is 12.0. The van der Waals surface area contributed by atoms with Crippen LogP contribution in [0.25, 0.3) is 0 Å². The molecule has 1 fully saturated rings. The first-order valence-corrected chi connectivity index (χ1v) is 8.42. The summed E-state index contributed by atoms with van der Waals surface area (Å²) in [4.78, 5) is 18.3. The number of nitrogens with one attached hydrogen (secondary N) is 1. The molecule has 2 heterocycles. The topological polar surface area (TPSA) is 63.7 Å². The number of halogens is 1. The third kappa shape index (κ3) is 3.97. The molecule has 6 nitrogen and oxygen atoms in total. The van der Waals surface area contributed by atoms with Crippen molar-refractivity contribution in [2.24, 2.45) is 0 Å². The molecule has 1 unspecified atom stereocenters. The van der Waals surface area contributed by atoms with E-state index in [1.165, 1.54) is 0 Å². The van der Waals surface area contributed by atoms with E-state index in [2.05, 4.69) is 26.2 Å². The first-order valence-electron chi connectivity index (χ1n) is 7.63. The van der Waals surface area contributed by atoms with Gasteiger partial charge in [0.1, 0.15) is 11.9 Å². The number of carbonyl (C=O) groups is 1. The van der Waals surface area contributed by atoms with Crippen LogP contribution in [-0.2, 0) is 0 Å². The van der Waals surface area contributed by atoms with Crippen LogP contribution >= 0.6 is 15.9 Å². The molecule has 2 amide bonds. The smallest absolute Gasteiger partial charge is 0.322 e. The minimum atomic E-state index is -0.158. The van der Waals surface area contributed by atoms with E-state index in [4.69, 9.17) is 9.47 Å². The van der Waals surface area contributed by atoms with E-state index >= 15 is 0 Å². The third-order valence-electron chi connectivity index (χ3n) is 3.77. The number of urea groups is 1. The standard InChI is InChI=1S/C17H18BrN3O3/c1-23-15-5-3-2-4-14(15)20-17(22)21-9-8-13(11-21)24-16-7-6-12(18)10-19-16/h2-7,10,13H,8-9,11H2,1H3,(H,20,22). The maximum Gasteiger partial charge on any atom is 0.322 e. The number of nitrogens with zero attached hydrogens (tertiary/aromatic N) is 2. The normalized spacial score (nSPS) is 16.8. The number of likely N-dealkylation sites (tertiary alicyclic amines) is 1. The van der Waals surface area contributed by atoms with Crippen molar-refractivity contribution in [2.75, 3.05) is 25.5 Å². The molecule has 126 valence electrons. The summed E-state index contributed by atoms with van der Waals surface area (Å²) in [5.74, 6) is 1.20. The molecule has 0 radical (unpaired) electrons. The number of ether oxygens (including phenoxy) is 2. The lowest BCUT2D eigenvalue weighted by Gasteiger charge is -2.18. The summed E-state index contributed by atoms with van der Waals surface area (Å²) in [5.41, 5.74) is 0.656. The van der Waals surface area contributed by atoms with E-state index in [0.29, 0.717) is 30.4 Å². The van der Waals surface area contributed by atoms with Crippen LogP contribution in [0.15, 0.2) is 47.1 Å². The van der Waals surface area contributed by atoms with Crippen LogP contribution in [0, 0.1) is 0 Å². The van der Waals surface area contributed by atoms with Crippen molar-refractivity contribution in [3.63, 3.8) is 0 Å². The first-order chi connectivity index (χ1) is 11.7. The predicted octanol–water partition coefficient (Wildman–Crippen LogP) is 3.54. The molecule has 0 saturated carbocycles. The molecule has 24 heavy (non-hydrogen) atoms. The van der Waals surface area contributed by atoms with Crippen molar-refractivity contribution in [1.29, 1.82) is 0 Å². The lowest BCUT2D eigenvalue weighted by Crippen LogP contribution is -2.34. The zero-order chi connectivity index (χ0) is 16.9. The number of benzene rings is 1. The van der Waals surface area contributed by atoms with Gasteiger partial charge in [0.25, 0.3) is 0 Å². The van der Waals surface area contributed by atoms with Gasteiger partial charge in [-0.3, -0.25) is 0 Å². The zero-order valence-electron chi connectivity index (χ0n) is 13.2. The van der Waals surface area contributed by atoms with Gasteiger partial charge < -0.3 is 19.7 Å². The molecule has 0 spiro atoms. The van der Waals surface area contributed by atoms with Gasteiger partial charge >= 0.3 is 6.03 Å². The Hall–Kier alpha value is -2.28. The van der Waals surface area contributed by atoms with Crippen LogP contribution in [0.1, 0.15) is 6.42 Å². The number of hydrogen-bond donors (Lipinski definition) is 1. The molecule has 0 aliphatic carbocycles. The highest BCUT2D eigenvalue weighted by Gasteiger charge is 2.28. The maximum atomic E-state index is 12.4. The lowest BCUT2D eigenvalue weighted by molar-refractivity contribution is 0.190. The molecule has 1 aromatic carbocycles. The summed E-state index contributed by atoms with van der Waals surface area (Å²) in [5, 5.41) is 2.88. The molecule has 7 heteroatoms. The molecule has 1 atom stereocenters. The average Bonchev–Trinajstić information content (AvgIpc) is 3.06. The van der Waals surface area contributed by atoms with Gasteiger partial charge in [0, 0.05) is 29.7 Å². The number of aromatic nitrogens is 1.